The van der Waals surface area contributed by atoms with Crippen molar-refractivity contribution in [2.75, 3.05) is 5.32 Å². The molecule has 124 valence electrons. The molecule has 6 nitrogen and oxygen atoms in total. The molecule has 0 aliphatic rings. The number of carbonyl (C=O) groups excluding carboxylic acids is 1. The standard InChI is InChI=1S/C17H18FN5O/c1-12-6-13(2)23(21-12)11-17(24)20-16-8-19-22(10-16)9-14-4-3-5-15(18)7-14/h3-8,10H,9,11H2,1-2H3,(H,20,24). The van der Waals surface area contributed by atoms with Crippen LogP contribution in [-0.4, -0.2) is 25.5 Å². The third-order valence-corrected chi connectivity index (χ3v) is 3.55. The fraction of sp³-hybridized carbons (Fsp3) is 0.235. The SMILES string of the molecule is Cc1cc(C)n(CC(=O)Nc2cnn(Cc3cccc(F)c3)c2)n1. The van der Waals surface area contributed by atoms with Crippen LogP contribution in [0.3, 0.4) is 0 Å². The van der Waals surface area contributed by atoms with Gasteiger partial charge < -0.3 is 5.32 Å². The number of aryl methyl sites for hydroxylation is 2. The molecule has 0 aliphatic heterocycles. The predicted octanol–water partition coefficient (Wildman–Crippen LogP) is 2.52. The molecule has 2 heterocycles. The smallest absolute Gasteiger partial charge is 0.246 e. The van der Waals surface area contributed by atoms with E-state index in [1.165, 1.54) is 12.1 Å². The summed E-state index contributed by atoms with van der Waals surface area (Å²) in [5, 5.41) is 11.2. The average Bonchev–Trinajstić information content (AvgIpc) is 3.05. The Hall–Kier alpha value is -2.96. The van der Waals surface area contributed by atoms with Crippen LogP contribution in [0.5, 0.6) is 0 Å². The summed E-state index contributed by atoms with van der Waals surface area (Å²) in [6.45, 7) is 4.38. The number of nitrogens with one attached hydrogen (secondary N) is 1. The minimum atomic E-state index is -0.280. The van der Waals surface area contributed by atoms with Gasteiger partial charge in [0.2, 0.25) is 5.91 Å². The summed E-state index contributed by atoms with van der Waals surface area (Å²) in [6.07, 6.45) is 3.28. The summed E-state index contributed by atoms with van der Waals surface area (Å²) in [4.78, 5) is 12.1. The average molecular weight is 327 g/mol. The van der Waals surface area contributed by atoms with Crippen molar-refractivity contribution in [2.24, 2.45) is 0 Å². The number of hydrogen-bond donors (Lipinski definition) is 1. The van der Waals surface area contributed by atoms with Crippen LogP contribution in [0.2, 0.25) is 0 Å². The normalized spacial score (nSPS) is 10.8. The first-order valence-corrected chi connectivity index (χ1v) is 7.57. The summed E-state index contributed by atoms with van der Waals surface area (Å²) >= 11 is 0. The van der Waals surface area contributed by atoms with Crippen LogP contribution in [-0.2, 0) is 17.9 Å². The number of anilines is 1. The quantitative estimate of drug-likeness (QED) is 0.783. The summed E-state index contributed by atoms with van der Waals surface area (Å²) < 4.78 is 16.5. The molecule has 7 heteroatoms. The van der Waals surface area contributed by atoms with Gasteiger partial charge in [-0.1, -0.05) is 12.1 Å². The fourth-order valence-electron chi connectivity index (χ4n) is 2.51. The van der Waals surface area contributed by atoms with Gasteiger partial charge in [0.15, 0.2) is 0 Å². The molecule has 0 saturated heterocycles. The van der Waals surface area contributed by atoms with Crippen molar-refractivity contribution >= 4 is 11.6 Å². The van der Waals surface area contributed by atoms with Crippen molar-refractivity contribution in [2.45, 2.75) is 26.9 Å². The molecule has 24 heavy (non-hydrogen) atoms. The molecular weight excluding hydrogens is 309 g/mol. The van der Waals surface area contributed by atoms with Gasteiger partial charge in [-0.25, -0.2) is 4.39 Å². The van der Waals surface area contributed by atoms with Crippen LogP contribution in [0.4, 0.5) is 10.1 Å². The van der Waals surface area contributed by atoms with Gasteiger partial charge in [0.1, 0.15) is 12.4 Å². The molecule has 0 unspecified atom stereocenters. The largest absolute Gasteiger partial charge is 0.322 e. The first-order valence-electron chi connectivity index (χ1n) is 7.57. The molecule has 1 aromatic carbocycles. The lowest BCUT2D eigenvalue weighted by Gasteiger charge is -2.05. The Bertz CT molecular complexity index is 868. The van der Waals surface area contributed by atoms with Crippen molar-refractivity contribution in [1.29, 1.82) is 0 Å². The zero-order chi connectivity index (χ0) is 17.1. The van der Waals surface area contributed by atoms with E-state index in [4.69, 9.17) is 0 Å². The van der Waals surface area contributed by atoms with Gasteiger partial charge in [0.05, 0.1) is 24.1 Å². The van der Waals surface area contributed by atoms with Crippen LogP contribution >= 0.6 is 0 Å². The molecule has 1 amide bonds. The van der Waals surface area contributed by atoms with Gasteiger partial charge in [-0.2, -0.15) is 10.2 Å². The highest BCUT2D eigenvalue weighted by Gasteiger charge is 2.09. The highest BCUT2D eigenvalue weighted by Crippen LogP contribution is 2.10. The third-order valence-electron chi connectivity index (χ3n) is 3.55. The fourth-order valence-corrected chi connectivity index (χ4v) is 2.51. The van der Waals surface area contributed by atoms with E-state index in [1.54, 1.807) is 27.8 Å². The molecule has 3 rings (SSSR count). The maximum Gasteiger partial charge on any atom is 0.246 e. The van der Waals surface area contributed by atoms with E-state index in [0.717, 1.165) is 17.0 Å². The molecule has 0 atom stereocenters. The zero-order valence-electron chi connectivity index (χ0n) is 13.5. The van der Waals surface area contributed by atoms with Crippen molar-refractivity contribution in [3.05, 3.63) is 65.5 Å². The van der Waals surface area contributed by atoms with Gasteiger partial charge in [-0.05, 0) is 37.6 Å². The van der Waals surface area contributed by atoms with Crippen LogP contribution < -0.4 is 5.32 Å². The maximum absolute atomic E-state index is 13.2. The Morgan fingerprint density at radius 1 is 1.29 bits per heavy atom. The van der Waals surface area contributed by atoms with Crippen molar-refractivity contribution < 1.29 is 9.18 Å². The van der Waals surface area contributed by atoms with Crippen molar-refractivity contribution in [3.8, 4) is 0 Å². The highest BCUT2D eigenvalue weighted by atomic mass is 19.1. The molecule has 2 aromatic heterocycles. The number of nitrogens with zero attached hydrogens (tertiary/aromatic N) is 4. The number of amides is 1. The maximum atomic E-state index is 13.2. The van der Waals surface area contributed by atoms with Crippen LogP contribution in [0, 0.1) is 19.7 Å². The second kappa shape index (κ2) is 6.66. The number of aromatic nitrogens is 4. The van der Waals surface area contributed by atoms with E-state index < -0.39 is 0 Å². The van der Waals surface area contributed by atoms with Crippen LogP contribution in [0.25, 0.3) is 0 Å². The van der Waals surface area contributed by atoms with Gasteiger partial charge in [-0.15, -0.1) is 0 Å². The Kier molecular flexibility index (Phi) is 4.41. The van der Waals surface area contributed by atoms with Crippen LogP contribution in [0.15, 0.2) is 42.7 Å². The molecule has 0 saturated carbocycles. The Labute approximate surface area is 138 Å². The van der Waals surface area contributed by atoms with E-state index in [9.17, 15) is 9.18 Å². The molecule has 0 spiro atoms. The first-order chi connectivity index (χ1) is 11.5. The summed E-state index contributed by atoms with van der Waals surface area (Å²) in [7, 11) is 0. The second-order valence-corrected chi connectivity index (χ2v) is 5.69. The molecule has 0 bridgehead atoms. The van der Waals surface area contributed by atoms with Gasteiger partial charge in [0, 0.05) is 11.9 Å². The van der Waals surface area contributed by atoms with Gasteiger partial charge >= 0.3 is 0 Å². The summed E-state index contributed by atoms with van der Waals surface area (Å²) in [5.41, 5.74) is 3.21. The van der Waals surface area contributed by atoms with Crippen molar-refractivity contribution in [3.63, 3.8) is 0 Å². The van der Waals surface area contributed by atoms with E-state index >= 15 is 0 Å². The van der Waals surface area contributed by atoms with Gasteiger partial charge in [0.25, 0.3) is 0 Å². The Morgan fingerprint density at radius 3 is 2.83 bits per heavy atom. The molecule has 3 aromatic rings. The summed E-state index contributed by atoms with van der Waals surface area (Å²) in [5.74, 6) is -0.454. The first kappa shape index (κ1) is 15.9. The number of hydrogen-bond acceptors (Lipinski definition) is 3. The number of benzene rings is 1. The predicted molar refractivity (Wildman–Crippen MR) is 88.1 cm³/mol. The lowest BCUT2D eigenvalue weighted by Crippen LogP contribution is -2.20. The second-order valence-electron chi connectivity index (χ2n) is 5.69. The van der Waals surface area contributed by atoms with E-state index in [2.05, 4.69) is 15.5 Å². The number of rotatable bonds is 5. The molecular formula is C17H18FN5O. The molecule has 1 N–H and O–H groups in total. The lowest BCUT2D eigenvalue weighted by atomic mass is 10.2. The van der Waals surface area contributed by atoms with E-state index in [0.29, 0.717) is 12.2 Å². The van der Waals surface area contributed by atoms with E-state index in [1.807, 2.05) is 26.0 Å². The minimum absolute atomic E-state index is 0.148. The lowest BCUT2D eigenvalue weighted by molar-refractivity contribution is -0.116. The Morgan fingerprint density at radius 2 is 2.12 bits per heavy atom. The van der Waals surface area contributed by atoms with Crippen molar-refractivity contribution in [1.82, 2.24) is 19.6 Å². The molecule has 0 fully saturated rings. The summed E-state index contributed by atoms with van der Waals surface area (Å²) in [6, 6.07) is 8.27. The minimum Gasteiger partial charge on any atom is -0.322 e. The number of halogens is 1. The van der Waals surface area contributed by atoms with Gasteiger partial charge in [-0.3, -0.25) is 14.2 Å². The van der Waals surface area contributed by atoms with Crippen LogP contribution in [0.1, 0.15) is 17.0 Å². The third kappa shape index (κ3) is 3.87. The number of carbonyl (C=O) groups is 1. The molecule has 0 aliphatic carbocycles. The zero-order valence-corrected chi connectivity index (χ0v) is 13.5. The topological polar surface area (TPSA) is 64.7 Å². The van der Waals surface area contributed by atoms with E-state index in [-0.39, 0.29) is 18.3 Å². The monoisotopic (exact) mass is 327 g/mol. The highest BCUT2D eigenvalue weighted by molar-refractivity contribution is 5.90. The molecule has 0 radical (unpaired) electrons. The Balaban J connectivity index is 1.61.